The van der Waals surface area contributed by atoms with Crippen molar-refractivity contribution in [2.45, 2.75) is 32.1 Å². The molecule has 4 nitrogen and oxygen atoms in total. The molecule has 0 amide bonds. The van der Waals surface area contributed by atoms with Gasteiger partial charge in [-0.1, -0.05) is 32.9 Å². The lowest BCUT2D eigenvalue weighted by atomic mass is 10.1. The molecular formula is C13H19NO3S. The third kappa shape index (κ3) is 3.92. The van der Waals surface area contributed by atoms with Crippen LogP contribution in [0.3, 0.4) is 0 Å². The number of ketones is 1. The van der Waals surface area contributed by atoms with E-state index in [0.717, 1.165) is 0 Å². The molecule has 18 heavy (non-hydrogen) atoms. The second-order valence-corrected chi connectivity index (χ2v) is 6.32. The van der Waals surface area contributed by atoms with Crippen LogP contribution in [0.2, 0.25) is 0 Å². The first-order valence-electron chi connectivity index (χ1n) is 5.99. The maximum Gasteiger partial charge on any atom is 0.240 e. The number of nitrogens with one attached hydrogen (secondary N) is 1. The van der Waals surface area contributed by atoms with Crippen molar-refractivity contribution in [3.05, 3.63) is 29.8 Å². The summed E-state index contributed by atoms with van der Waals surface area (Å²) >= 11 is 0. The molecule has 0 spiro atoms. The number of carbonyl (C=O) groups excluding carboxylic acids is 1. The van der Waals surface area contributed by atoms with Crippen molar-refractivity contribution in [1.29, 1.82) is 0 Å². The van der Waals surface area contributed by atoms with E-state index in [1.165, 1.54) is 12.1 Å². The predicted octanol–water partition coefficient (Wildman–Crippen LogP) is 2.21. The number of Topliss-reactive ketones (excluding diaryl/α,β-unsaturated/α-hetero) is 1. The number of carbonyl (C=O) groups is 1. The minimum absolute atomic E-state index is 0.0593. The smallest absolute Gasteiger partial charge is 0.240 e. The van der Waals surface area contributed by atoms with Crippen molar-refractivity contribution < 1.29 is 13.2 Å². The zero-order valence-corrected chi connectivity index (χ0v) is 11.8. The van der Waals surface area contributed by atoms with Gasteiger partial charge >= 0.3 is 0 Å². The Morgan fingerprint density at radius 2 is 2.00 bits per heavy atom. The monoisotopic (exact) mass is 269 g/mol. The van der Waals surface area contributed by atoms with Gasteiger partial charge in [0.25, 0.3) is 0 Å². The minimum Gasteiger partial charge on any atom is -0.294 e. The zero-order chi connectivity index (χ0) is 13.8. The Labute approximate surface area is 108 Å². The van der Waals surface area contributed by atoms with Crippen molar-refractivity contribution in [2.75, 3.05) is 6.54 Å². The molecule has 0 unspecified atom stereocenters. The lowest BCUT2D eigenvalue weighted by Crippen LogP contribution is -2.27. The fourth-order valence-corrected chi connectivity index (χ4v) is 2.66. The molecule has 0 aromatic heterocycles. The number of rotatable bonds is 6. The molecule has 1 aromatic rings. The van der Waals surface area contributed by atoms with E-state index in [4.69, 9.17) is 0 Å². The van der Waals surface area contributed by atoms with Crippen LogP contribution < -0.4 is 4.72 Å². The fraction of sp³-hybridized carbons (Fsp3) is 0.462. The van der Waals surface area contributed by atoms with Crippen molar-refractivity contribution >= 4 is 15.8 Å². The van der Waals surface area contributed by atoms with Gasteiger partial charge in [0, 0.05) is 18.5 Å². The molecule has 1 N–H and O–H groups in total. The van der Waals surface area contributed by atoms with Crippen LogP contribution in [0.5, 0.6) is 0 Å². The molecular weight excluding hydrogens is 250 g/mol. The number of benzene rings is 1. The van der Waals surface area contributed by atoms with E-state index in [2.05, 4.69) is 4.72 Å². The van der Waals surface area contributed by atoms with Crippen LogP contribution in [-0.4, -0.2) is 20.7 Å². The molecule has 0 saturated heterocycles. The SMILES string of the molecule is CCC(=O)c1cccc(S(=O)(=O)NCC(C)C)c1. The van der Waals surface area contributed by atoms with E-state index in [1.54, 1.807) is 19.1 Å². The maximum absolute atomic E-state index is 12.0. The van der Waals surface area contributed by atoms with E-state index < -0.39 is 10.0 Å². The average Bonchev–Trinajstić information content (AvgIpc) is 2.35. The van der Waals surface area contributed by atoms with Crippen LogP contribution >= 0.6 is 0 Å². The first kappa shape index (κ1) is 14.9. The first-order valence-corrected chi connectivity index (χ1v) is 7.48. The molecule has 100 valence electrons. The zero-order valence-electron chi connectivity index (χ0n) is 10.9. The summed E-state index contributed by atoms with van der Waals surface area (Å²) in [7, 11) is -3.52. The van der Waals surface area contributed by atoms with Crippen molar-refractivity contribution in [3.63, 3.8) is 0 Å². The highest BCUT2D eigenvalue weighted by atomic mass is 32.2. The third-order valence-electron chi connectivity index (χ3n) is 2.47. The van der Waals surface area contributed by atoms with Gasteiger partial charge < -0.3 is 0 Å². The van der Waals surface area contributed by atoms with Gasteiger partial charge in [0.15, 0.2) is 5.78 Å². The Balaban J connectivity index is 2.99. The van der Waals surface area contributed by atoms with Gasteiger partial charge in [-0.2, -0.15) is 0 Å². The molecule has 0 aliphatic rings. The van der Waals surface area contributed by atoms with Crippen molar-refractivity contribution in [2.24, 2.45) is 5.92 Å². The highest BCUT2D eigenvalue weighted by molar-refractivity contribution is 7.89. The van der Waals surface area contributed by atoms with Gasteiger partial charge in [-0.25, -0.2) is 13.1 Å². The van der Waals surface area contributed by atoms with E-state index in [0.29, 0.717) is 18.5 Å². The highest BCUT2D eigenvalue weighted by Gasteiger charge is 2.15. The van der Waals surface area contributed by atoms with E-state index in [9.17, 15) is 13.2 Å². The van der Waals surface area contributed by atoms with Crippen LogP contribution in [0.4, 0.5) is 0 Å². The van der Waals surface area contributed by atoms with E-state index in [1.807, 2.05) is 13.8 Å². The summed E-state index contributed by atoms with van der Waals surface area (Å²) in [5.41, 5.74) is 0.435. The van der Waals surface area contributed by atoms with Crippen molar-refractivity contribution in [1.82, 2.24) is 4.72 Å². The van der Waals surface area contributed by atoms with Crippen LogP contribution in [0.1, 0.15) is 37.6 Å². The summed E-state index contributed by atoms with van der Waals surface area (Å²) in [6.45, 7) is 5.99. The fourth-order valence-electron chi connectivity index (χ4n) is 1.40. The average molecular weight is 269 g/mol. The Kier molecular flexibility index (Phi) is 5.04. The van der Waals surface area contributed by atoms with Crippen LogP contribution in [0.25, 0.3) is 0 Å². The lowest BCUT2D eigenvalue weighted by Gasteiger charge is -2.09. The van der Waals surface area contributed by atoms with Crippen LogP contribution in [0.15, 0.2) is 29.2 Å². The Hall–Kier alpha value is -1.20. The molecule has 0 fully saturated rings. The van der Waals surface area contributed by atoms with Crippen molar-refractivity contribution in [3.8, 4) is 0 Å². The Morgan fingerprint density at radius 1 is 1.33 bits per heavy atom. The summed E-state index contributed by atoms with van der Waals surface area (Å²) in [4.78, 5) is 11.7. The molecule has 0 bridgehead atoms. The number of sulfonamides is 1. The highest BCUT2D eigenvalue weighted by Crippen LogP contribution is 2.13. The molecule has 5 heteroatoms. The minimum atomic E-state index is -3.52. The first-order chi connectivity index (χ1) is 8.36. The number of hydrogen-bond acceptors (Lipinski definition) is 3. The summed E-state index contributed by atoms with van der Waals surface area (Å²) in [5.74, 6) is 0.177. The summed E-state index contributed by atoms with van der Waals surface area (Å²) < 4.78 is 26.5. The molecule has 0 aliphatic heterocycles. The molecule has 1 rings (SSSR count). The van der Waals surface area contributed by atoms with Gasteiger partial charge in [0.2, 0.25) is 10.0 Å². The standard InChI is InChI=1S/C13H19NO3S/c1-4-13(15)11-6-5-7-12(8-11)18(16,17)14-9-10(2)3/h5-8,10,14H,4,9H2,1-3H3. The molecule has 1 aromatic carbocycles. The second-order valence-electron chi connectivity index (χ2n) is 4.55. The Bertz CT molecular complexity index is 521. The number of hydrogen-bond donors (Lipinski definition) is 1. The van der Waals surface area contributed by atoms with Gasteiger partial charge in [-0.15, -0.1) is 0 Å². The lowest BCUT2D eigenvalue weighted by molar-refractivity contribution is 0.0988. The normalized spacial score (nSPS) is 11.8. The summed E-state index contributed by atoms with van der Waals surface area (Å²) in [6, 6.07) is 6.14. The van der Waals surface area contributed by atoms with Gasteiger partial charge in [0.05, 0.1) is 4.90 Å². The van der Waals surface area contributed by atoms with E-state index >= 15 is 0 Å². The van der Waals surface area contributed by atoms with Gasteiger partial charge in [0.1, 0.15) is 0 Å². The predicted molar refractivity (Wildman–Crippen MR) is 71.1 cm³/mol. The second kappa shape index (κ2) is 6.11. The topological polar surface area (TPSA) is 63.2 Å². The molecule has 0 atom stereocenters. The van der Waals surface area contributed by atoms with E-state index in [-0.39, 0.29) is 16.6 Å². The largest absolute Gasteiger partial charge is 0.294 e. The maximum atomic E-state index is 12.0. The Morgan fingerprint density at radius 3 is 2.56 bits per heavy atom. The van der Waals surface area contributed by atoms with Gasteiger partial charge in [-0.3, -0.25) is 4.79 Å². The molecule has 0 heterocycles. The molecule has 0 aliphatic carbocycles. The summed E-state index contributed by atoms with van der Waals surface area (Å²) in [6.07, 6.45) is 0.364. The van der Waals surface area contributed by atoms with Crippen LogP contribution in [0, 0.1) is 5.92 Å². The molecule has 0 radical (unpaired) electrons. The third-order valence-corrected chi connectivity index (χ3v) is 3.89. The van der Waals surface area contributed by atoms with Crippen LogP contribution in [-0.2, 0) is 10.0 Å². The molecule has 0 saturated carbocycles. The quantitative estimate of drug-likeness (QED) is 0.805. The summed E-state index contributed by atoms with van der Waals surface area (Å²) in [5, 5.41) is 0. The van der Waals surface area contributed by atoms with Gasteiger partial charge in [-0.05, 0) is 18.1 Å².